The van der Waals surface area contributed by atoms with Crippen molar-refractivity contribution >= 4 is 29.5 Å². The van der Waals surface area contributed by atoms with Gasteiger partial charge in [0.1, 0.15) is 6.29 Å². The Morgan fingerprint density at radius 2 is 2.00 bits per heavy atom. The van der Waals surface area contributed by atoms with E-state index in [4.69, 9.17) is 28.0 Å². The van der Waals surface area contributed by atoms with E-state index in [2.05, 4.69) is 5.48 Å². The van der Waals surface area contributed by atoms with Gasteiger partial charge in [-0.1, -0.05) is 29.3 Å². The molecule has 0 saturated carbocycles. The molecule has 0 aliphatic carbocycles. The molecule has 0 aromatic heterocycles. The van der Waals surface area contributed by atoms with E-state index in [0.717, 1.165) is 11.8 Å². The molecular formula is C13H17Cl2NO2. The molecule has 0 bridgehead atoms. The van der Waals surface area contributed by atoms with E-state index in [-0.39, 0.29) is 5.60 Å². The highest BCUT2D eigenvalue weighted by Crippen LogP contribution is 2.23. The fourth-order valence-electron chi connectivity index (χ4n) is 1.29. The number of hydrogen-bond acceptors (Lipinski definition) is 3. The molecule has 18 heavy (non-hydrogen) atoms. The van der Waals surface area contributed by atoms with E-state index >= 15 is 0 Å². The zero-order valence-electron chi connectivity index (χ0n) is 10.7. The summed E-state index contributed by atoms with van der Waals surface area (Å²) in [6.45, 7) is 5.71. The predicted molar refractivity (Wildman–Crippen MR) is 74.0 cm³/mol. The van der Waals surface area contributed by atoms with Crippen LogP contribution < -0.4 is 5.48 Å². The van der Waals surface area contributed by atoms with Crippen LogP contribution in [0.4, 0.5) is 0 Å². The van der Waals surface area contributed by atoms with E-state index in [0.29, 0.717) is 16.5 Å². The Labute approximate surface area is 117 Å². The van der Waals surface area contributed by atoms with Gasteiger partial charge < -0.3 is 4.79 Å². The van der Waals surface area contributed by atoms with E-state index < -0.39 is 6.04 Å². The first kappa shape index (κ1) is 15.4. The number of halogens is 2. The van der Waals surface area contributed by atoms with Crippen LogP contribution in [0, 0.1) is 0 Å². The monoisotopic (exact) mass is 289 g/mol. The molecule has 1 unspecified atom stereocenters. The molecule has 0 aliphatic rings. The molecule has 0 radical (unpaired) electrons. The normalized spacial score (nSPS) is 13.4. The summed E-state index contributed by atoms with van der Waals surface area (Å²) in [5.41, 5.74) is 3.32. The summed E-state index contributed by atoms with van der Waals surface area (Å²) >= 11 is 11.7. The SMILES string of the molecule is CC(C)(C)ONC(C=O)Cc1ccc(Cl)c(Cl)c1. The second kappa shape index (κ2) is 6.53. The zero-order valence-corrected chi connectivity index (χ0v) is 12.2. The first-order valence-corrected chi connectivity index (χ1v) is 6.40. The molecule has 5 heteroatoms. The molecule has 1 aromatic rings. The average Bonchev–Trinajstić information content (AvgIpc) is 2.28. The highest BCUT2D eigenvalue weighted by atomic mass is 35.5. The van der Waals surface area contributed by atoms with Crippen molar-refractivity contribution in [2.24, 2.45) is 0 Å². The highest BCUT2D eigenvalue weighted by Gasteiger charge is 2.15. The first-order chi connectivity index (χ1) is 8.31. The molecule has 0 heterocycles. The molecule has 3 nitrogen and oxygen atoms in total. The molecule has 0 aliphatic heterocycles. The predicted octanol–water partition coefficient (Wildman–Crippen LogP) is 3.42. The summed E-state index contributed by atoms with van der Waals surface area (Å²) in [4.78, 5) is 16.3. The maximum Gasteiger partial charge on any atom is 0.139 e. The molecule has 1 atom stereocenters. The van der Waals surface area contributed by atoms with Gasteiger partial charge in [0.05, 0.1) is 21.7 Å². The molecule has 0 saturated heterocycles. The number of hydroxylamine groups is 1. The van der Waals surface area contributed by atoms with Crippen LogP contribution >= 0.6 is 23.2 Å². The molecular weight excluding hydrogens is 273 g/mol. The van der Waals surface area contributed by atoms with Gasteiger partial charge in [0.25, 0.3) is 0 Å². The third-order valence-electron chi connectivity index (χ3n) is 2.12. The smallest absolute Gasteiger partial charge is 0.139 e. The van der Waals surface area contributed by atoms with Crippen molar-refractivity contribution in [1.82, 2.24) is 5.48 Å². The summed E-state index contributed by atoms with van der Waals surface area (Å²) in [7, 11) is 0. The Hall–Kier alpha value is -0.610. The van der Waals surface area contributed by atoms with Crippen LogP contribution in [0.25, 0.3) is 0 Å². The lowest BCUT2D eigenvalue weighted by Gasteiger charge is -2.22. The van der Waals surface area contributed by atoms with Gasteiger partial charge in [-0.25, -0.2) is 0 Å². The number of benzene rings is 1. The first-order valence-electron chi connectivity index (χ1n) is 5.64. The Balaban J connectivity index is 2.62. The lowest BCUT2D eigenvalue weighted by molar-refractivity contribution is -0.121. The summed E-state index contributed by atoms with van der Waals surface area (Å²) in [6, 6.07) is 4.88. The van der Waals surface area contributed by atoms with Crippen molar-refractivity contribution in [3.8, 4) is 0 Å². The summed E-state index contributed by atoms with van der Waals surface area (Å²) in [5, 5.41) is 0.984. The van der Waals surface area contributed by atoms with E-state index in [1.54, 1.807) is 12.1 Å². The second-order valence-electron chi connectivity index (χ2n) is 5.03. The van der Waals surface area contributed by atoms with Crippen LogP contribution in [0.2, 0.25) is 10.0 Å². The van der Waals surface area contributed by atoms with Gasteiger partial charge in [-0.15, -0.1) is 0 Å². The third-order valence-corrected chi connectivity index (χ3v) is 2.86. The number of hydrogen-bond donors (Lipinski definition) is 1. The molecule has 1 N–H and O–H groups in total. The van der Waals surface area contributed by atoms with Crippen molar-refractivity contribution in [3.63, 3.8) is 0 Å². The largest absolute Gasteiger partial charge is 0.302 e. The lowest BCUT2D eigenvalue weighted by Crippen LogP contribution is -2.38. The van der Waals surface area contributed by atoms with Gasteiger partial charge in [0.2, 0.25) is 0 Å². The number of aldehydes is 1. The fourth-order valence-corrected chi connectivity index (χ4v) is 1.61. The number of carbonyl (C=O) groups is 1. The Kier molecular flexibility index (Phi) is 5.60. The summed E-state index contributed by atoms with van der Waals surface area (Å²) < 4.78 is 0. The third kappa shape index (κ3) is 5.36. The van der Waals surface area contributed by atoms with Gasteiger partial charge in [0, 0.05) is 0 Å². The van der Waals surface area contributed by atoms with E-state index in [9.17, 15) is 4.79 Å². The van der Waals surface area contributed by atoms with Crippen LogP contribution in [0.1, 0.15) is 26.3 Å². The minimum atomic E-state index is -0.415. The Bertz CT molecular complexity index is 416. The summed E-state index contributed by atoms with van der Waals surface area (Å²) in [5.74, 6) is 0. The van der Waals surface area contributed by atoms with Crippen LogP contribution in [0.3, 0.4) is 0 Å². The van der Waals surface area contributed by atoms with Gasteiger partial charge >= 0.3 is 0 Å². The number of rotatable bonds is 5. The molecule has 1 aromatic carbocycles. The molecule has 0 spiro atoms. The maximum atomic E-state index is 11.0. The minimum absolute atomic E-state index is 0.348. The molecule has 1 rings (SSSR count). The standard InChI is InChI=1S/C13H17Cl2NO2/c1-13(2,3)18-16-10(8-17)6-9-4-5-11(14)12(15)7-9/h4-5,7-8,10,16H,6H2,1-3H3. The van der Waals surface area contributed by atoms with Crippen molar-refractivity contribution in [1.29, 1.82) is 0 Å². The van der Waals surface area contributed by atoms with Gasteiger partial charge in [-0.3, -0.25) is 4.84 Å². The van der Waals surface area contributed by atoms with Crippen molar-refractivity contribution in [2.75, 3.05) is 0 Å². The van der Waals surface area contributed by atoms with E-state index in [1.807, 2.05) is 26.8 Å². The fraction of sp³-hybridized carbons (Fsp3) is 0.462. The maximum absolute atomic E-state index is 11.0. The minimum Gasteiger partial charge on any atom is -0.302 e. The van der Waals surface area contributed by atoms with Crippen molar-refractivity contribution in [2.45, 2.75) is 38.8 Å². The molecule has 0 amide bonds. The van der Waals surface area contributed by atoms with Crippen LogP contribution in [0.15, 0.2) is 18.2 Å². The average molecular weight is 290 g/mol. The Morgan fingerprint density at radius 3 is 2.50 bits per heavy atom. The van der Waals surface area contributed by atoms with E-state index in [1.165, 1.54) is 0 Å². The zero-order chi connectivity index (χ0) is 13.8. The van der Waals surface area contributed by atoms with Crippen LogP contribution in [0.5, 0.6) is 0 Å². The second-order valence-corrected chi connectivity index (χ2v) is 5.84. The van der Waals surface area contributed by atoms with Crippen LogP contribution in [-0.2, 0) is 16.1 Å². The van der Waals surface area contributed by atoms with Gasteiger partial charge in [-0.2, -0.15) is 5.48 Å². The van der Waals surface area contributed by atoms with Crippen molar-refractivity contribution < 1.29 is 9.63 Å². The topological polar surface area (TPSA) is 38.3 Å². The van der Waals surface area contributed by atoms with Gasteiger partial charge in [0.15, 0.2) is 0 Å². The molecule has 0 fully saturated rings. The Morgan fingerprint density at radius 1 is 1.33 bits per heavy atom. The molecule has 100 valence electrons. The van der Waals surface area contributed by atoms with Gasteiger partial charge in [-0.05, 0) is 44.9 Å². The number of carbonyl (C=O) groups excluding carboxylic acids is 1. The van der Waals surface area contributed by atoms with Crippen LogP contribution in [-0.4, -0.2) is 17.9 Å². The lowest BCUT2D eigenvalue weighted by atomic mass is 10.1. The van der Waals surface area contributed by atoms with Crippen molar-refractivity contribution in [3.05, 3.63) is 33.8 Å². The summed E-state index contributed by atoms with van der Waals surface area (Å²) in [6.07, 6.45) is 1.31. The number of nitrogens with one attached hydrogen (secondary N) is 1. The quantitative estimate of drug-likeness (QED) is 0.667. The highest BCUT2D eigenvalue weighted by molar-refractivity contribution is 6.42.